The van der Waals surface area contributed by atoms with Crippen LogP contribution in [0.2, 0.25) is 0 Å². The number of fused-ring (bicyclic) bond motifs is 3. The minimum Gasteiger partial charge on any atom is -0.393 e. The van der Waals surface area contributed by atoms with Gasteiger partial charge >= 0.3 is 0 Å². The number of ether oxygens (including phenoxy) is 1. The Labute approximate surface area is 134 Å². The molecule has 6 unspecified atom stereocenters. The molecule has 1 heterocycles. The summed E-state index contributed by atoms with van der Waals surface area (Å²) in [6, 6.07) is 0. The van der Waals surface area contributed by atoms with Crippen LogP contribution in [-0.4, -0.2) is 27.7 Å². The van der Waals surface area contributed by atoms with E-state index in [1.807, 2.05) is 0 Å². The third kappa shape index (κ3) is 2.12. The van der Waals surface area contributed by atoms with Gasteiger partial charge in [-0.05, 0) is 67.8 Å². The van der Waals surface area contributed by atoms with Gasteiger partial charge in [0, 0.05) is 6.42 Å². The number of aliphatic hydroxyl groups excluding tert-OH is 1. The molecule has 22 heavy (non-hydrogen) atoms. The highest BCUT2D eigenvalue weighted by Gasteiger charge is 2.63. The fraction of sp³-hybridized carbons (Fsp3) is 0.895. The third-order valence-electron chi connectivity index (χ3n) is 7.49. The summed E-state index contributed by atoms with van der Waals surface area (Å²) in [4.78, 5) is 0. The van der Waals surface area contributed by atoms with E-state index in [0.717, 1.165) is 32.1 Å². The highest BCUT2D eigenvalue weighted by atomic mass is 16.6. The number of aliphatic hydroxyl groups is 2. The van der Waals surface area contributed by atoms with E-state index in [0.29, 0.717) is 18.3 Å². The molecule has 2 N–H and O–H groups in total. The number of rotatable bonds is 1. The Morgan fingerprint density at radius 3 is 2.27 bits per heavy atom. The van der Waals surface area contributed by atoms with E-state index in [9.17, 15) is 10.2 Å². The van der Waals surface area contributed by atoms with Crippen molar-refractivity contribution in [2.75, 3.05) is 0 Å². The van der Waals surface area contributed by atoms with Crippen LogP contribution < -0.4 is 0 Å². The van der Waals surface area contributed by atoms with Crippen molar-refractivity contribution >= 4 is 0 Å². The number of hydrogen-bond donors (Lipinski definition) is 2. The van der Waals surface area contributed by atoms with Crippen molar-refractivity contribution in [3.05, 3.63) is 12.7 Å². The summed E-state index contributed by atoms with van der Waals surface area (Å²) < 4.78 is 6.20. The maximum Gasteiger partial charge on any atom is 0.185 e. The molecular weight excluding hydrogens is 276 g/mol. The molecule has 0 radical (unpaired) electrons. The monoisotopic (exact) mass is 308 g/mol. The van der Waals surface area contributed by atoms with Gasteiger partial charge in [0.05, 0.1) is 11.7 Å². The first-order valence-electron chi connectivity index (χ1n) is 8.82. The van der Waals surface area contributed by atoms with Gasteiger partial charge in [0.15, 0.2) is 5.79 Å². The van der Waals surface area contributed by atoms with Crippen LogP contribution >= 0.6 is 0 Å². The Morgan fingerprint density at radius 1 is 1.00 bits per heavy atom. The van der Waals surface area contributed by atoms with E-state index in [2.05, 4.69) is 34.3 Å². The molecule has 0 amide bonds. The van der Waals surface area contributed by atoms with Crippen molar-refractivity contribution < 1.29 is 14.9 Å². The van der Waals surface area contributed by atoms with Crippen molar-refractivity contribution in [3.63, 3.8) is 0 Å². The first kappa shape index (κ1) is 16.5. The van der Waals surface area contributed by atoms with Crippen molar-refractivity contribution in [1.82, 2.24) is 0 Å². The summed E-state index contributed by atoms with van der Waals surface area (Å²) in [6.07, 6.45) is 6.88. The van der Waals surface area contributed by atoms with Crippen LogP contribution in [0.3, 0.4) is 0 Å². The van der Waals surface area contributed by atoms with Crippen molar-refractivity contribution in [2.24, 2.45) is 22.7 Å². The maximum absolute atomic E-state index is 10.5. The van der Waals surface area contributed by atoms with Crippen LogP contribution in [-0.2, 0) is 4.74 Å². The van der Waals surface area contributed by atoms with Gasteiger partial charge < -0.3 is 14.9 Å². The average molecular weight is 308 g/mol. The molecule has 1 saturated heterocycles. The van der Waals surface area contributed by atoms with E-state index in [4.69, 9.17) is 4.74 Å². The minimum atomic E-state index is -1.17. The molecule has 0 aromatic heterocycles. The Bertz CT molecular complexity index is 473. The Morgan fingerprint density at radius 2 is 1.64 bits per heavy atom. The molecule has 2 saturated carbocycles. The minimum absolute atomic E-state index is 0.0412. The molecular formula is C19H32O3. The largest absolute Gasteiger partial charge is 0.393 e. The highest BCUT2D eigenvalue weighted by molar-refractivity contribution is 5.12. The standard InChI is InChI=1S/C19H32O3/c1-6-19(21)12-8-14-17(4)10-9-15(20)16(2,3)13(17)7-11-18(14,5)22-19/h6,13-15,20-21H,1,7-12H2,2-5H3. The molecule has 0 aromatic rings. The zero-order valence-electron chi connectivity index (χ0n) is 14.6. The highest BCUT2D eigenvalue weighted by Crippen LogP contribution is 2.65. The van der Waals surface area contributed by atoms with Crippen molar-refractivity contribution in [2.45, 2.75) is 83.7 Å². The molecule has 3 aliphatic rings. The van der Waals surface area contributed by atoms with E-state index >= 15 is 0 Å². The molecule has 3 rings (SSSR count). The molecule has 1 aliphatic heterocycles. The van der Waals surface area contributed by atoms with Crippen molar-refractivity contribution in [1.29, 1.82) is 0 Å². The lowest BCUT2D eigenvalue weighted by Gasteiger charge is -2.65. The quantitative estimate of drug-likeness (QED) is 0.727. The van der Waals surface area contributed by atoms with E-state index in [1.54, 1.807) is 6.08 Å². The zero-order valence-corrected chi connectivity index (χ0v) is 14.6. The van der Waals surface area contributed by atoms with E-state index in [1.165, 1.54) is 0 Å². The fourth-order valence-corrected chi connectivity index (χ4v) is 6.20. The first-order valence-corrected chi connectivity index (χ1v) is 8.82. The SMILES string of the molecule is C=CC1(O)CCC2C(C)(CCC3C(C)(C)C(O)CCC23C)O1. The molecule has 0 spiro atoms. The third-order valence-corrected chi connectivity index (χ3v) is 7.49. The Kier molecular flexibility index (Phi) is 3.60. The van der Waals surface area contributed by atoms with Crippen LogP contribution in [0.1, 0.15) is 66.2 Å². The molecule has 0 bridgehead atoms. The normalized spacial score (nSPS) is 54.2. The van der Waals surface area contributed by atoms with Gasteiger partial charge in [-0.15, -0.1) is 0 Å². The first-order chi connectivity index (χ1) is 10.1. The second-order valence-corrected chi connectivity index (χ2v) is 9.03. The molecule has 3 heteroatoms. The topological polar surface area (TPSA) is 49.7 Å². The zero-order chi connectivity index (χ0) is 16.4. The molecule has 6 atom stereocenters. The molecule has 2 aliphatic carbocycles. The van der Waals surface area contributed by atoms with Gasteiger partial charge in [-0.25, -0.2) is 0 Å². The van der Waals surface area contributed by atoms with E-state index in [-0.39, 0.29) is 22.5 Å². The van der Waals surface area contributed by atoms with Crippen molar-refractivity contribution in [3.8, 4) is 0 Å². The van der Waals surface area contributed by atoms with E-state index < -0.39 is 5.79 Å². The van der Waals surface area contributed by atoms with Gasteiger partial charge in [-0.1, -0.05) is 27.4 Å². The van der Waals surface area contributed by atoms with Crippen LogP contribution in [0.25, 0.3) is 0 Å². The second kappa shape index (κ2) is 4.81. The van der Waals surface area contributed by atoms with Crippen LogP contribution in [0.4, 0.5) is 0 Å². The summed E-state index contributed by atoms with van der Waals surface area (Å²) >= 11 is 0. The lowest BCUT2D eigenvalue weighted by atomic mass is 9.44. The predicted octanol–water partition coefficient (Wildman–Crippen LogP) is 3.64. The number of hydrogen-bond acceptors (Lipinski definition) is 3. The van der Waals surface area contributed by atoms with Gasteiger partial charge in [-0.3, -0.25) is 0 Å². The van der Waals surface area contributed by atoms with Gasteiger partial charge in [0.1, 0.15) is 0 Å². The predicted molar refractivity (Wildman–Crippen MR) is 87.2 cm³/mol. The average Bonchev–Trinajstić information content (AvgIpc) is 2.42. The fourth-order valence-electron chi connectivity index (χ4n) is 6.20. The molecule has 3 nitrogen and oxygen atoms in total. The van der Waals surface area contributed by atoms with Crippen LogP contribution in [0, 0.1) is 22.7 Å². The molecule has 126 valence electrons. The second-order valence-electron chi connectivity index (χ2n) is 9.03. The summed E-state index contributed by atoms with van der Waals surface area (Å²) in [5.41, 5.74) is -0.149. The molecule has 0 aromatic carbocycles. The lowest BCUT2D eigenvalue weighted by molar-refractivity contribution is -0.318. The van der Waals surface area contributed by atoms with Gasteiger partial charge in [0.2, 0.25) is 0 Å². The van der Waals surface area contributed by atoms with Gasteiger partial charge in [0.25, 0.3) is 0 Å². The summed E-state index contributed by atoms with van der Waals surface area (Å²) in [5, 5.41) is 21.0. The maximum atomic E-state index is 10.5. The summed E-state index contributed by atoms with van der Waals surface area (Å²) in [6.45, 7) is 12.8. The summed E-state index contributed by atoms with van der Waals surface area (Å²) in [5.74, 6) is -0.218. The Balaban J connectivity index is 1.95. The van der Waals surface area contributed by atoms with Gasteiger partial charge in [-0.2, -0.15) is 0 Å². The Hall–Kier alpha value is -0.380. The van der Waals surface area contributed by atoms with Crippen LogP contribution in [0.15, 0.2) is 12.7 Å². The smallest absolute Gasteiger partial charge is 0.185 e. The van der Waals surface area contributed by atoms with Crippen LogP contribution in [0.5, 0.6) is 0 Å². The lowest BCUT2D eigenvalue weighted by Crippen LogP contribution is -2.64. The summed E-state index contributed by atoms with van der Waals surface area (Å²) in [7, 11) is 0. The molecule has 3 fully saturated rings.